The highest BCUT2D eigenvalue weighted by Gasteiger charge is 2.19. The smallest absolute Gasteiger partial charge is 0.120 e. The van der Waals surface area contributed by atoms with Crippen molar-refractivity contribution < 1.29 is 4.74 Å². The molecule has 0 unspecified atom stereocenters. The maximum atomic E-state index is 8.87. The Morgan fingerprint density at radius 1 is 1.30 bits per heavy atom. The Labute approximate surface area is 122 Å². The lowest BCUT2D eigenvalue weighted by atomic mass is 9.94. The minimum absolute atomic E-state index is 0.655. The van der Waals surface area contributed by atoms with Gasteiger partial charge in [0, 0.05) is 12.6 Å². The maximum absolute atomic E-state index is 8.87. The van der Waals surface area contributed by atoms with Crippen LogP contribution >= 0.6 is 0 Å². The molecule has 20 heavy (non-hydrogen) atoms. The molecule has 0 aromatic heterocycles. The van der Waals surface area contributed by atoms with Gasteiger partial charge in [0.1, 0.15) is 12.4 Å². The standard InChI is InChI=1S/C17H24N2O/c1-2-19(16-8-4-3-5-9-16)11-12-20-17-10-6-7-15(13-17)14-18/h6-7,10,13,16H,2-5,8-9,11-12H2,1H3. The van der Waals surface area contributed by atoms with E-state index in [9.17, 15) is 0 Å². The van der Waals surface area contributed by atoms with Gasteiger partial charge in [-0.05, 0) is 37.6 Å². The molecule has 0 heterocycles. The summed E-state index contributed by atoms with van der Waals surface area (Å²) in [6.07, 6.45) is 6.79. The summed E-state index contributed by atoms with van der Waals surface area (Å²) in [6, 6.07) is 10.3. The molecule has 1 fully saturated rings. The summed E-state index contributed by atoms with van der Waals surface area (Å²) in [5, 5.41) is 8.87. The number of hydrogen-bond donors (Lipinski definition) is 0. The third-order valence-electron chi connectivity index (χ3n) is 4.11. The van der Waals surface area contributed by atoms with Crippen molar-refractivity contribution in [1.29, 1.82) is 5.26 Å². The van der Waals surface area contributed by atoms with Crippen LogP contribution in [0.25, 0.3) is 0 Å². The molecule has 3 nitrogen and oxygen atoms in total. The van der Waals surface area contributed by atoms with Crippen molar-refractivity contribution in [1.82, 2.24) is 4.90 Å². The van der Waals surface area contributed by atoms with Crippen LogP contribution < -0.4 is 4.74 Å². The molecule has 2 rings (SSSR count). The fourth-order valence-corrected chi connectivity index (χ4v) is 2.98. The Morgan fingerprint density at radius 2 is 2.10 bits per heavy atom. The molecule has 1 aliphatic carbocycles. The summed E-state index contributed by atoms with van der Waals surface area (Å²) in [5.74, 6) is 0.795. The number of ether oxygens (including phenoxy) is 1. The number of nitriles is 1. The molecule has 0 spiro atoms. The Morgan fingerprint density at radius 3 is 2.80 bits per heavy atom. The molecule has 0 radical (unpaired) electrons. The van der Waals surface area contributed by atoms with Gasteiger partial charge in [-0.25, -0.2) is 0 Å². The Bertz CT molecular complexity index is 447. The van der Waals surface area contributed by atoms with Crippen molar-refractivity contribution in [3.8, 4) is 11.8 Å². The van der Waals surface area contributed by atoms with E-state index in [-0.39, 0.29) is 0 Å². The topological polar surface area (TPSA) is 36.3 Å². The molecule has 1 aromatic carbocycles. The molecule has 1 saturated carbocycles. The highest BCUT2D eigenvalue weighted by Crippen LogP contribution is 2.22. The lowest BCUT2D eigenvalue weighted by molar-refractivity contribution is 0.137. The minimum Gasteiger partial charge on any atom is -0.492 e. The van der Waals surface area contributed by atoms with E-state index in [0.29, 0.717) is 12.2 Å². The van der Waals surface area contributed by atoms with E-state index >= 15 is 0 Å². The Kier molecular flexibility index (Phi) is 5.88. The Hall–Kier alpha value is -1.53. The molecule has 0 N–H and O–H groups in total. The van der Waals surface area contributed by atoms with Crippen LogP contribution in [0.1, 0.15) is 44.6 Å². The second kappa shape index (κ2) is 7.91. The molecule has 0 saturated heterocycles. The summed E-state index contributed by atoms with van der Waals surface area (Å²) in [6.45, 7) is 4.98. The van der Waals surface area contributed by atoms with E-state index in [1.165, 1.54) is 32.1 Å². The van der Waals surface area contributed by atoms with Gasteiger partial charge in [0.05, 0.1) is 11.6 Å². The Balaban J connectivity index is 1.79. The van der Waals surface area contributed by atoms with Crippen LogP contribution in [0, 0.1) is 11.3 Å². The fourth-order valence-electron chi connectivity index (χ4n) is 2.98. The molecule has 0 aliphatic heterocycles. The van der Waals surface area contributed by atoms with E-state index in [2.05, 4.69) is 17.9 Å². The van der Waals surface area contributed by atoms with Crippen LogP contribution in [0.3, 0.4) is 0 Å². The third kappa shape index (κ3) is 4.25. The predicted octanol–water partition coefficient (Wildman–Crippen LogP) is 3.59. The average Bonchev–Trinajstić information content (AvgIpc) is 2.52. The van der Waals surface area contributed by atoms with Gasteiger partial charge in [-0.2, -0.15) is 5.26 Å². The molecular formula is C17H24N2O. The van der Waals surface area contributed by atoms with E-state index in [0.717, 1.165) is 24.9 Å². The first kappa shape index (κ1) is 14.9. The predicted molar refractivity (Wildman–Crippen MR) is 80.8 cm³/mol. The maximum Gasteiger partial charge on any atom is 0.120 e. The molecule has 1 aromatic rings. The molecule has 1 aliphatic rings. The van der Waals surface area contributed by atoms with Gasteiger partial charge in [0.25, 0.3) is 0 Å². The summed E-state index contributed by atoms with van der Waals surface area (Å²) >= 11 is 0. The van der Waals surface area contributed by atoms with Crippen molar-refractivity contribution >= 4 is 0 Å². The quantitative estimate of drug-likeness (QED) is 0.794. The van der Waals surface area contributed by atoms with Gasteiger partial charge in [-0.1, -0.05) is 32.3 Å². The first-order valence-corrected chi connectivity index (χ1v) is 7.70. The van der Waals surface area contributed by atoms with Crippen molar-refractivity contribution in [3.63, 3.8) is 0 Å². The van der Waals surface area contributed by atoms with Crippen molar-refractivity contribution in [3.05, 3.63) is 29.8 Å². The minimum atomic E-state index is 0.655. The number of hydrogen-bond acceptors (Lipinski definition) is 3. The SMILES string of the molecule is CCN(CCOc1cccc(C#N)c1)C1CCCCC1. The second-order valence-electron chi connectivity index (χ2n) is 5.41. The summed E-state index contributed by atoms with van der Waals surface area (Å²) in [7, 11) is 0. The monoisotopic (exact) mass is 272 g/mol. The van der Waals surface area contributed by atoms with Crippen molar-refractivity contribution in [2.75, 3.05) is 19.7 Å². The van der Waals surface area contributed by atoms with Gasteiger partial charge < -0.3 is 4.74 Å². The lowest BCUT2D eigenvalue weighted by Crippen LogP contribution is -2.39. The molecule has 3 heteroatoms. The van der Waals surface area contributed by atoms with Gasteiger partial charge in [-0.3, -0.25) is 4.90 Å². The molecular weight excluding hydrogens is 248 g/mol. The second-order valence-corrected chi connectivity index (χ2v) is 5.41. The van der Waals surface area contributed by atoms with Crippen LogP contribution in [-0.2, 0) is 0 Å². The zero-order chi connectivity index (χ0) is 14.2. The highest BCUT2D eigenvalue weighted by molar-refractivity contribution is 5.36. The van der Waals surface area contributed by atoms with Crippen LogP contribution in [0.15, 0.2) is 24.3 Å². The normalized spacial score (nSPS) is 16.1. The van der Waals surface area contributed by atoms with E-state index in [1.807, 2.05) is 12.1 Å². The number of benzene rings is 1. The zero-order valence-corrected chi connectivity index (χ0v) is 12.3. The van der Waals surface area contributed by atoms with Crippen molar-refractivity contribution in [2.45, 2.75) is 45.1 Å². The summed E-state index contributed by atoms with van der Waals surface area (Å²) < 4.78 is 5.78. The van der Waals surface area contributed by atoms with Gasteiger partial charge >= 0.3 is 0 Å². The average molecular weight is 272 g/mol. The molecule has 108 valence electrons. The van der Waals surface area contributed by atoms with E-state index in [1.54, 1.807) is 12.1 Å². The van der Waals surface area contributed by atoms with Gasteiger partial charge in [0.2, 0.25) is 0 Å². The third-order valence-corrected chi connectivity index (χ3v) is 4.11. The van der Waals surface area contributed by atoms with Gasteiger partial charge in [0.15, 0.2) is 0 Å². The molecule has 0 amide bonds. The van der Waals surface area contributed by atoms with Gasteiger partial charge in [-0.15, -0.1) is 0 Å². The van der Waals surface area contributed by atoms with Crippen LogP contribution in [-0.4, -0.2) is 30.6 Å². The molecule has 0 bridgehead atoms. The van der Waals surface area contributed by atoms with E-state index in [4.69, 9.17) is 10.00 Å². The molecule has 0 atom stereocenters. The number of nitrogens with zero attached hydrogens (tertiary/aromatic N) is 2. The number of rotatable bonds is 6. The van der Waals surface area contributed by atoms with E-state index < -0.39 is 0 Å². The van der Waals surface area contributed by atoms with Crippen LogP contribution in [0.5, 0.6) is 5.75 Å². The first-order chi connectivity index (χ1) is 9.83. The first-order valence-electron chi connectivity index (χ1n) is 7.70. The zero-order valence-electron chi connectivity index (χ0n) is 12.3. The summed E-state index contributed by atoms with van der Waals surface area (Å²) in [5.41, 5.74) is 0.655. The largest absolute Gasteiger partial charge is 0.492 e. The summed E-state index contributed by atoms with van der Waals surface area (Å²) in [4.78, 5) is 2.54. The number of likely N-dealkylation sites (N-methyl/N-ethyl adjacent to an activating group) is 1. The fraction of sp³-hybridized carbons (Fsp3) is 0.588. The van der Waals surface area contributed by atoms with Crippen LogP contribution in [0.2, 0.25) is 0 Å². The van der Waals surface area contributed by atoms with Crippen molar-refractivity contribution in [2.24, 2.45) is 0 Å². The lowest BCUT2D eigenvalue weighted by Gasteiger charge is -2.33. The highest BCUT2D eigenvalue weighted by atomic mass is 16.5. The van der Waals surface area contributed by atoms with Crippen LogP contribution in [0.4, 0.5) is 0 Å².